The molecule has 48 valence electrons. The average Bonchev–Trinajstić information content (AvgIpc) is 2.10. The summed E-state index contributed by atoms with van der Waals surface area (Å²) < 4.78 is 4.00. The van der Waals surface area contributed by atoms with Gasteiger partial charge < -0.3 is 0 Å². The Balaban J connectivity index is 3.01. The lowest BCUT2D eigenvalue weighted by molar-refractivity contribution is -0.671. The summed E-state index contributed by atoms with van der Waals surface area (Å²) in [5.41, 5.74) is 1.15. The Kier molecular flexibility index (Phi) is 1.56. The van der Waals surface area contributed by atoms with Crippen molar-refractivity contribution in [2.45, 2.75) is 6.42 Å². The lowest BCUT2D eigenvalue weighted by Gasteiger charge is -1.84. The maximum atomic E-state index is 5.43. The molecular formula is C7H11N2+. The van der Waals surface area contributed by atoms with E-state index in [1.807, 2.05) is 35.8 Å². The van der Waals surface area contributed by atoms with Crippen LogP contribution in [0.4, 0.5) is 0 Å². The molecule has 1 rings (SSSR count). The fourth-order valence-electron chi connectivity index (χ4n) is 0.904. The normalized spacial score (nSPS) is 10.1. The third-order valence-corrected chi connectivity index (χ3v) is 1.37. The van der Waals surface area contributed by atoms with Crippen LogP contribution in [-0.4, -0.2) is 4.57 Å². The van der Waals surface area contributed by atoms with Gasteiger partial charge in [-0.1, -0.05) is 0 Å². The summed E-state index contributed by atoms with van der Waals surface area (Å²) in [6, 6.07) is 0. The van der Waals surface area contributed by atoms with Crippen molar-refractivity contribution in [3.63, 3.8) is 0 Å². The van der Waals surface area contributed by atoms with Crippen molar-refractivity contribution in [2.24, 2.45) is 14.1 Å². The lowest BCUT2D eigenvalue weighted by Crippen LogP contribution is -2.23. The molecule has 0 aliphatic carbocycles. The largest absolute Gasteiger partial charge is 0.243 e. The number of imidazole rings is 1. The van der Waals surface area contributed by atoms with Crippen molar-refractivity contribution < 1.29 is 4.57 Å². The van der Waals surface area contributed by atoms with Crippen LogP contribution in [0.25, 0.3) is 0 Å². The van der Waals surface area contributed by atoms with Crippen LogP contribution in [0, 0.1) is 6.92 Å². The molecule has 0 bridgehead atoms. The number of nitrogens with zero attached hydrogens (tertiary/aromatic N) is 2. The van der Waals surface area contributed by atoms with Gasteiger partial charge in [0.05, 0.1) is 14.1 Å². The molecule has 0 fully saturated rings. The van der Waals surface area contributed by atoms with Gasteiger partial charge in [0.2, 0.25) is 6.33 Å². The van der Waals surface area contributed by atoms with Gasteiger partial charge in [-0.3, -0.25) is 0 Å². The lowest BCUT2D eigenvalue weighted by atomic mass is 10.4. The van der Waals surface area contributed by atoms with Gasteiger partial charge in [0, 0.05) is 6.42 Å². The SMILES string of the molecule is [CH]Cc1c[n+](C)cn1C. The summed E-state index contributed by atoms with van der Waals surface area (Å²) in [6.45, 7) is 5.43. The van der Waals surface area contributed by atoms with Gasteiger partial charge in [-0.2, -0.15) is 0 Å². The van der Waals surface area contributed by atoms with Crippen LogP contribution in [0.5, 0.6) is 0 Å². The van der Waals surface area contributed by atoms with Crippen molar-refractivity contribution in [2.75, 3.05) is 0 Å². The molecule has 0 saturated carbocycles. The first-order valence-electron chi connectivity index (χ1n) is 2.94. The van der Waals surface area contributed by atoms with E-state index in [4.69, 9.17) is 6.92 Å². The highest BCUT2D eigenvalue weighted by Crippen LogP contribution is 1.92. The van der Waals surface area contributed by atoms with E-state index in [9.17, 15) is 0 Å². The Morgan fingerprint density at radius 3 is 2.67 bits per heavy atom. The fraction of sp³-hybridized carbons (Fsp3) is 0.429. The molecule has 1 heterocycles. The zero-order valence-corrected chi connectivity index (χ0v) is 5.83. The van der Waals surface area contributed by atoms with Crippen molar-refractivity contribution in [1.29, 1.82) is 0 Å². The topological polar surface area (TPSA) is 8.81 Å². The Hall–Kier alpha value is -0.790. The van der Waals surface area contributed by atoms with Crippen LogP contribution >= 0.6 is 0 Å². The van der Waals surface area contributed by atoms with Crippen molar-refractivity contribution in [3.05, 3.63) is 25.1 Å². The molecule has 2 nitrogen and oxygen atoms in total. The van der Waals surface area contributed by atoms with Gasteiger partial charge in [0.25, 0.3) is 0 Å². The zero-order valence-electron chi connectivity index (χ0n) is 5.83. The summed E-state index contributed by atoms with van der Waals surface area (Å²) in [4.78, 5) is 0. The minimum Gasteiger partial charge on any atom is -0.239 e. The molecular weight excluding hydrogens is 112 g/mol. The summed E-state index contributed by atoms with van der Waals surface area (Å²) in [6.07, 6.45) is 4.61. The molecule has 0 aliphatic heterocycles. The minimum atomic E-state index is 0.608. The van der Waals surface area contributed by atoms with Crippen LogP contribution in [0.2, 0.25) is 0 Å². The van der Waals surface area contributed by atoms with Gasteiger partial charge in [0.1, 0.15) is 11.9 Å². The summed E-state index contributed by atoms with van der Waals surface area (Å²) >= 11 is 0. The number of hydrogen-bond donors (Lipinski definition) is 0. The second-order valence-corrected chi connectivity index (χ2v) is 2.22. The average molecular weight is 123 g/mol. The number of aromatic nitrogens is 2. The van der Waals surface area contributed by atoms with E-state index in [1.165, 1.54) is 0 Å². The van der Waals surface area contributed by atoms with Crippen LogP contribution in [0.1, 0.15) is 5.69 Å². The summed E-state index contributed by atoms with van der Waals surface area (Å²) in [7, 11) is 3.97. The van der Waals surface area contributed by atoms with E-state index >= 15 is 0 Å². The van der Waals surface area contributed by atoms with E-state index < -0.39 is 0 Å². The van der Waals surface area contributed by atoms with Crippen molar-refractivity contribution in [1.82, 2.24) is 4.57 Å². The molecule has 9 heavy (non-hydrogen) atoms. The zero-order chi connectivity index (χ0) is 6.85. The first-order chi connectivity index (χ1) is 4.24. The smallest absolute Gasteiger partial charge is 0.239 e. The third-order valence-electron chi connectivity index (χ3n) is 1.37. The maximum absolute atomic E-state index is 5.43. The second kappa shape index (κ2) is 2.21. The highest BCUT2D eigenvalue weighted by atomic mass is 15.1. The maximum Gasteiger partial charge on any atom is 0.243 e. The Labute approximate surface area is 55.7 Å². The monoisotopic (exact) mass is 123 g/mol. The molecule has 1 aromatic heterocycles. The van der Waals surface area contributed by atoms with Gasteiger partial charge >= 0.3 is 0 Å². The molecule has 0 unspecified atom stereocenters. The molecule has 0 atom stereocenters. The highest BCUT2D eigenvalue weighted by molar-refractivity contribution is 4.93. The predicted molar refractivity (Wildman–Crippen MR) is 34.6 cm³/mol. The number of hydrogen-bond acceptors (Lipinski definition) is 0. The first kappa shape index (κ1) is 6.33. The molecule has 2 radical (unpaired) electrons. The van der Waals surface area contributed by atoms with Gasteiger partial charge in [0.15, 0.2) is 0 Å². The standard InChI is InChI=1S/C7H11N2/c1-4-7-5-8(2)6-9(7)3/h1,5-6H,4H2,2-3H3/q+1. The van der Waals surface area contributed by atoms with E-state index in [2.05, 4.69) is 0 Å². The molecule has 0 aliphatic rings. The molecule has 0 saturated heterocycles. The van der Waals surface area contributed by atoms with Crippen LogP contribution in [0.3, 0.4) is 0 Å². The van der Waals surface area contributed by atoms with E-state index in [0.29, 0.717) is 6.42 Å². The van der Waals surface area contributed by atoms with E-state index in [0.717, 1.165) is 5.69 Å². The Morgan fingerprint density at radius 2 is 2.44 bits per heavy atom. The first-order valence-corrected chi connectivity index (χ1v) is 2.94. The molecule has 1 aromatic rings. The van der Waals surface area contributed by atoms with Gasteiger partial charge in [-0.05, 0) is 6.92 Å². The van der Waals surface area contributed by atoms with Gasteiger partial charge in [-0.25, -0.2) is 9.13 Å². The molecule has 0 N–H and O–H groups in total. The van der Waals surface area contributed by atoms with Crippen molar-refractivity contribution >= 4 is 0 Å². The minimum absolute atomic E-state index is 0.608. The number of aryl methyl sites for hydroxylation is 2. The van der Waals surface area contributed by atoms with Gasteiger partial charge in [-0.15, -0.1) is 0 Å². The second-order valence-electron chi connectivity index (χ2n) is 2.22. The molecule has 0 aromatic carbocycles. The van der Waals surface area contributed by atoms with Crippen LogP contribution in [0.15, 0.2) is 12.5 Å². The van der Waals surface area contributed by atoms with E-state index in [-0.39, 0.29) is 0 Å². The highest BCUT2D eigenvalue weighted by Gasteiger charge is 2.02. The molecule has 0 spiro atoms. The van der Waals surface area contributed by atoms with Crippen LogP contribution in [-0.2, 0) is 20.5 Å². The van der Waals surface area contributed by atoms with Crippen LogP contribution < -0.4 is 4.57 Å². The molecule has 2 heteroatoms. The Morgan fingerprint density at radius 1 is 1.78 bits per heavy atom. The fourth-order valence-corrected chi connectivity index (χ4v) is 0.904. The molecule has 0 amide bonds. The van der Waals surface area contributed by atoms with E-state index in [1.54, 1.807) is 0 Å². The summed E-state index contributed by atoms with van der Waals surface area (Å²) in [5, 5.41) is 0. The summed E-state index contributed by atoms with van der Waals surface area (Å²) in [5.74, 6) is 0. The third kappa shape index (κ3) is 1.12. The quantitative estimate of drug-likeness (QED) is 0.468. The van der Waals surface area contributed by atoms with Crippen molar-refractivity contribution in [3.8, 4) is 0 Å². The number of rotatable bonds is 1. The Bertz CT molecular complexity index is 201. The predicted octanol–water partition coefficient (Wildman–Crippen LogP) is 0.103.